The monoisotopic (exact) mass is 285 g/mol. The molecule has 2 unspecified atom stereocenters. The molecule has 0 saturated heterocycles. The molecule has 1 amide bonds. The lowest BCUT2D eigenvalue weighted by Crippen LogP contribution is -2.48. The largest absolute Gasteiger partial charge is 0.352 e. The molecule has 0 aromatic carbocycles. The molecule has 0 fully saturated rings. The maximum Gasteiger partial charge on any atom is 0.237 e. The minimum absolute atomic E-state index is 0.103. The summed E-state index contributed by atoms with van der Waals surface area (Å²) in [6.45, 7) is 16.8. The number of hydrogen-bond acceptors (Lipinski definition) is 3. The number of nitrogens with zero attached hydrogens (tertiary/aromatic N) is 1. The van der Waals surface area contributed by atoms with E-state index in [1.54, 1.807) is 0 Å². The summed E-state index contributed by atoms with van der Waals surface area (Å²) in [5.41, 5.74) is 0. The van der Waals surface area contributed by atoms with Crippen molar-refractivity contribution >= 4 is 5.91 Å². The van der Waals surface area contributed by atoms with Crippen LogP contribution < -0.4 is 10.6 Å². The van der Waals surface area contributed by atoms with Crippen molar-refractivity contribution in [2.75, 3.05) is 13.1 Å². The zero-order valence-corrected chi connectivity index (χ0v) is 14.5. The van der Waals surface area contributed by atoms with Crippen molar-refractivity contribution in [1.29, 1.82) is 0 Å². The molecule has 0 spiro atoms. The van der Waals surface area contributed by atoms with Crippen molar-refractivity contribution < 1.29 is 4.79 Å². The third kappa shape index (κ3) is 7.85. The van der Waals surface area contributed by atoms with Gasteiger partial charge in [-0.2, -0.15) is 0 Å². The SMILES string of the molecule is CCCC(C)NC(=O)C(C)NCCN(C(C)C)C(C)C. The molecular weight excluding hydrogens is 250 g/mol. The van der Waals surface area contributed by atoms with Crippen LogP contribution in [0.4, 0.5) is 0 Å². The summed E-state index contributed by atoms with van der Waals surface area (Å²) in [7, 11) is 0. The Morgan fingerprint density at radius 1 is 1.05 bits per heavy atom. The highest BCUT2D eigenvalue weighted by molar-refractivity contribution is 5.81. The molecule has 120 valence electrons. The molecule has 0 rings (SSSR count). The molecule has 2 atom stereocenters. The van der Waals surface area contributed by atoms with Crippen LogP contribution in [-0.4, -0.2) is 48.1 Å². The van der Waals surface area contributed by atoms with Gasteiger partial charge in [0.1, 0.15) is 0 Å². The molecule has 0 bridgehead atoms. The Labute approximate surface area is 125 Å². The lowest BCUT2D eigenvalue weighted by Gasteiger charge is -2.31. The van der Waals surface area contributed by atoms with E-state index in [4.69, 9.17) is 0 Å². The van der Waals surface area contributed by atoms with Gasteiger partial charge in [-0.05, 0) is 48.0 Å². The van der Waals surface area contributed by atoms with Crippen LogP contribution in [0.2, 0.25) is 0 Å². The topological polar surface area (TPSA) is 44.4 Å². The predicted octanol–water partition coefficient (Wildman–Crippen LogP) is 2.39. The van der Waals surface area contributed by atoms with Gasteiger partial charge >= 0.3 is 0 Å². The van der Waals surface area contributed by atoms with Crippen LogP contribution in [0.15, 0.2) is 0 Å². The van der Waals surface area contributed by atoms with Gasteiger partial charge in [0.2, 0.25) is 5.91 Å². The smallest absolute Gasteiger partial charge is 0.237 e. The highest BCUT2D eigenvalue weighted by Gasteiger charge is 2.16. The molecule has 2 N–H and O–H groups in total. The van der Waals surface area contributed by atoms with E-state index < -0.39 is 0 Å². The molecule has 0 saturated carbocycles. The first-order valence-electron chi connectivity index (χ1n) is 8.09. The molecule has 4 nitrogen and oxygen atoms in total. The van der Waals surface area contributed by atoms with Gasteiger partial charge in [0, 0.05) is 31.2 Å². The maximum absolute atomic E-state index is 12.0. The van der Waals surface area contributed by atoms with E-state index in [0.717, 1.165) is 25.9 Å². The zero-order valence-electron chi connectivity index (χ0n) is 14.5. The minimum Gasteiger partial charge on any atom is -0.352 e. The van der Waals surface area contributed by atoms with E-state index in [1.165, 1.54) is 0 Å². The predicted molar refractivity (Wildman–Crippen MR) is 87.0 cm³/mol. The fourth-order valence-corrected chi connectivity index (χ4v) is 2.49. The molecule has 0 aliphatic heterocycles. The molecule has 20 heavy (non-hydrogen) atoms. The zero-order chi connectivity index (χ0) is 15.7. The van der Waals surface area contributed by atoms with Gasteiger partial charge in [0.25, 0.3) is 0 Å². The fourth-order valence-electron chi connectivity index (χ4n) is 2.49. The molecule has 0 aromatic rings. The van der Waals surface area contributed by atoms with Crippen molar-refractivity contribution in [2.24, 2.45) is 0 Å². The third-order valence-corrected chi connectivity index (χ3v) is 3.65. The first kappa shape index (κ1) is 19.4. The maximum atomic E-state index is 12.0. The van der Waals surface area contributed by atoms with Gasteiger partial charge in [-0.15, -0.1) is 0 Å². The molecule has 0 aliphatic rings. The average Bonchev–Trinajstić information content (AvgIpc) is 2.33. The normalized spacial score (nSPS) is 14.9. The highest BCUT2D eigenvalue weighted by atomic mass is 16.2. The van der Waals surface area contributed by atoms with Gasteiger partial charge in [-0.25, -0.2) is 0 Å². The van der Waals surface area contributed by atoms with E-state index in [1.807, 2.05) is 6.92 Å². The van der Waals surface area contributed by atoms with Crippen molar-refractivity contribution in [2.45, 2.75) is 85.5 Å². The van der Waals surface area contributed by atoms with E-state index >= 15 is 0 Å². The fraction of sp³-hybridized carbons (Fsp3) is 0.938. The van der Waals surface area contributed by atoms with Gasteiger partial charge in [-0.1, -0.05) is 13.3 Å². The second-order valence-electron chi connectivity index (χ2n) is 6.30. The number of nitrogens with one attached hydrogen (secondary N) is 2. The second-order valence-corrected chi connectivity index (χ2v) is 6.30. The number of hydrogen-bond donors (Lipinski definition) is 2. The van der Waals surface area contributed by atoms with Crippen LogP contribution in [-0.2, 0) is 4.79 Å². The summed E-state index contributed by atoms with van der Waals surface area (Å²) in [6, 6.07) is 1.20. The number of amides is 1. The lowest BCUT2D eigenvalue weighted by atomic mass is 10.2. The van der Waals surface area contributed by atoms with E-state index in [2.05, 4.69) is 57.1 Å². The summed E-state index contributed by atoms with van der Waals surface area (Å²) in [5, 5.41) is 6.37. The van der Waals surface area contributed by atoms with E-state index in [9.17, 15) is 4.79 Å². The molecule has 0 heterocycles. The summed E-state index contributed by atoms with van der Waals surface area (Å²) in [5.74, 6) is 0.103. The van der Waals surface area contributed by atoms with Gasteiger partial charge < -0.3 is 10.6 Å². The van der Waals surface area contributed by atoms with E-state index in [-0.39, 0.29) is 18.0 Å². The van der Waals surface area contributed by atoms with E-state index in [0.29, 0.717) is 12.1 Å². The highest BCUT2D eigenvalue weighted by Crippen LogP contribution is 2.03. The Morgan fingerprint density at radius 3 is 2.05 bits per heavy atom. The molecule has 0 aromatic heterocycles. The van der Waals surface area contributed by atoms with Crippen molar-refractivity contribution in [3.8, 4) is 0 Å². The molecule has 4 heteroatoms. The van der Waals surface area contributed by atoms with Gasteiger partial charge in [0.05, 0.1) is 6.04 Å². The second kappa shape index (κ2) is 10.2. The van der Waals surface area contributed by atoms with Crippen LogP contribution in [0, 0.1) is 0 Å². The van der Waals surface area contributed by atoms with Gasteiger partial charge in [-0.3, -0.25) is 9.69 Å². The molecule has 0 aliphatic carbocycles. The Balaban J connectivity index is 4.03. The summed E-state index contributed by atoms with van der Waals surface area (Å²) >= 11 is 0. The summed E-state index contributed by atoms with van der Waals surface area (Å²) in [4.78, 5) is 14.4. The first-order valence-corrected chi connectivity index (χ1v) is 8.09. The number of rotatable bonds is 10. The summed E-state index contributed by atoms with van der Waals surface area (Å²) in [6.07, 6.45) is 2.13. The summed E-state index contributed by atoms with van der Waals surface area (Å²) < 4.78 is 0. The Kier molecular flexibility index (Phi) is 9.86. The molecular formula is C16H35N3O. The number of carbonyl (C=O) groups is 1. The van der Waals surface area contributed by atoms with Crippen LogP contribution in [0.25, 0.3) is 0 Å². The van der Waals surface area contributed by atoms with Crippen LogP contribution in [0.5, 0.6) is 0 Å². The standard InChI is InChI=1S/C16H35N3O/c1-8-9-14(6)18-16(20)15(7)17-10-11-19(12(2)3)13(4)5/h12-15,17H,8-11H2,1-7H3,(H,18,20). The quantitative estimate of drug-likeness (QED) is 0.648. The Morgan fingerprint density at radius 2 is 1.60 bits per heavy atom. The Bertz CT molecular complexity index is 258. The third-order valence-electron chi connectivity index (χ3n) is 3.65. The minimum atomic E-state index is -0.129. The number of carbonyl (C=O) groups excluding carboxylic acids is 1. The molecule has 0 radical (unpaired) electrons. The van der Waals surface area contributed by atoms with Crippen molar-refractivity contribution in [1.82, 2.24) is 15.5 Å². The Hall–Kier alpha value is -0.610. The first-order chi connectivity index (χ1) is 9.29. The van der Waals surface area contributed by atoms with Crippen LogP contribution in [0.3, 0.4) is 0 Å². The lowest BCUT2D eigenvalue weighted by molar-refractivity contribution is -0.123. The van der Waals surface area contributed by atoms with Crippen molar-refractivity contribution in [3.05, 3.63) is 0 Å². The van der Waals surface area contributed by atoms with Crippen molar-refractivity contribution in [3.63, 3.8) is 0 Å². The van der Waals surface area contributed by atoms with Crippen LogP contribution in [0.1, 0.15) is 61.3 Å². The van der Waals surface area contributed by atoms with Crippen LogP contribution >= 0.6 is 0 Å². The van der Waals surface area contributed by atoms with Gasteiger partial charge in [0.15, 0.2) is 0 Å². The average molecular weight is 285 g/mol.